The van der Waals surface area contributed by atoms with Gasteiger partial charge < -0.3 is 14.8 Å². The van der Waals surface area contributed by atoms with E-state index >= 15 is 0 Å². The van der Waals surface area contributed by atoms with Crippen molar-refractivity contribution in [3.05, 3.63) is 58.7 Å². The maximum atomic E-state index is 12.3. The van der Waals surface area contributed by atoms with Crippen molar-refractivity contribution in [1.82, 2.24) is 10.3 Å². The van der Waals surface area contributed by atoms with Crippen molar-refractivity contribution in [1.29, 1.82) is 0 Å². The van der Waals surface area contributed by atoms with Gasteiger partial charge in [0.15, 0.2) is 0 Å². The molecule has 1 saturated heterocycles. The van der Waals surface area contributed by atoms with Gasteiger partial charge >= 0.3 is 0 Å². The minimum Gasteiger partial charge on any atom is -0.477 e. The van der Waals surface area contributed by atoms with Crippen LogP contribution in [0, 0.1) is 5.92 Å². The predicted octanol–water partition coefficient (Wildman–Crippen LogP) is 3.47. The van der Waals surface area contributed by atoms with Gasteiger partial charge in [-0.25, -0.2) is 4.98 Å². The Bertz CT molecular complexity index is 717. The van der Waals surface area contributed by atoms with Gasteiger partial charge in [-0.3, -0.25) is 4.79 Å². The fourth-order valence-electron chi connectivity index (χ4n) is 2.67. The van der Waals surface area contributed by atoms with Crippen LogP contribution in [0.4, 0.5) is 0 Å². The van der Waals surface area contributed by atoms with E-state index in [-0.39, 0.29) is 5.91 Å². The topological polar surface area (TPSA) is 60.5 Å². The second kappa shape index (κ2) is 8.83. The van der Waals surface area contributed by atoms with Gasteiger partial charge in [-0.05, 0) is 36.5 Å². The Morgan fingerprint density at radius 3 is 2.88 bits per heavy atom. The van der Waals surface area contributed by atoms with Crippen LogP contribution in [0.5, 0.6) is 5.88 Å². The Morgan fingerprint density at radius 1 is 1.28 bits per heavy atom. The standard InChI is InChI=1S/C19H21ClN2O3/c20-17-4-2-1-3-16(17)12-22-19(23)15-5-8-21-18(11-15)25-13-14-6-9-24-10-7-14/h1-5,8,11,14H,6-7,9-10,12-13H2,(H,22,23). The fraction of sp³-hybridized carbons (Fsp3) is 0.368. The molecule has 0 bridgehead atoms. The first-order chi connectivity index (χ1) is 12.2. The normalized spacial score (nSPS) is 14.9. The van der Waals surface area contributed by atoms with Gasteiger partial charge in [-0.2, -0.15) is 0 Å². The monoisotopic (exact) mass is 360 g/mol. The minimum atomic E-state index is -0.182. The molecule has 1 aliphatic heterocycles. The molecule has 3 rings (SSSR count). The molecule has 0 atom stereocenters. The highest BCUT2D eigenvalue weighted by Crippen LogP contribution is 2.18. The zero-order valence-corrected chi connectivity index (χ0v) is 14.7. The van der Waals surface area contributed by atoms with Crippen molar-refractivity contribution in [2.45, 2.75) is 19.4 Å². The van der Waals surface area contributed by atoms with E-state index in [4.69, 9.17) is 21.1 Å². The Kier molecular flexibility index (Phi) is 6.25. The van der Waals surface area contributed by atoms with Gasteiger partial charge in [-0.1, -0.05) is 29.8 Å². The molecule has 0 spiro atoms. The molecule has 0 aliphatic carbocycles. The second-order valence-corrected chi connectivity index (χ2v) is 6.43. The number of aromatic nitrogens is 1. The summed E-state index contributed by atoms with van der Waals surface area (Å²) in [6, 6.07) is 10.8. The first-order valence-electron chi connectivity index (χ1n) is 8.40. The summed E-state index contributed by atoms with van der Waals surface area (Å²) in [4.78, 5) is 16.5. The van der Waals surface area contributed by atoms with Gasteiger partial charge in [0.2, 0.25) is 5.88 Å². The molecule has 5 nitrogen and oxygen atoms in total. The summed E-state index contributed by atoms with van der Waals surface area (Å²) in [5, 5.41) is 3.50. The number of pyridine rings is 1. The van der Waals surface area contributed by atoms with Crippen molar-refractivity contribution in [3.63, 3.8) is 0 Å². The molecular formula is C19H21ClN2O3. The van der Waals surface area contributed by atoms with E-state index in [1.165, 1.54) is 0 Å². The third-order valence-corrected chi connectivity index (χ3v) is 4.57. The van der Waals surface area contributed by atoms with Gasteiger partial charge in [0.1, 0.15) is 0 Å². The number of halogens is 1. The number of ether oxygens (including phenoxy) is 2. The van der Waals surface area contributed by atoms with Crippen LogP contribution in [-0.2, 0) is 11.3 Å². The van der Waals surface area contributed by atoms with Gasteiger partial charge in [0, 0.05) is 42.6 Å². The fourth-order valence-corrected chi connectivity index (χ4v) is 2.87. The van der Waals surface area contributed by atoms with Crippen molar-refractivity contribution >= 4 is 17.5 Å². The zero-order valence-electron chi connectivity index (χ0n) is 13.9. The minimum absolute atomic E-state index is 0.182. The van der Waals surface area contributed by atoms with Crippen LogP contribution < -0.4 is 10.1 Å². The SMILES string of the molecule is O=C(NCc1ccccc1Cl)c1ccnc(OCC2CCOCC2)c1. The van der Waals surface area contributed by atoms with Crippen molar-refractivity contribution in [2.75, 3.05) is 19.8 Å². The Labute approximate surface area is 152 Å². The largest absolute Gasteiger partial charge is 0.477 e. The number of carbonyl (C=O) groups excluding carboxylic acids is 1. The zero-order chi connectivity index (χ0) is 17.5. The van der Waals surface area contributed by atoms with E-state index < -0.39 is 0 Å². The summed E-state index contributed by atoms with van der Waals surface area (Å²) in [7, 11) is 0. The van der Waals surface area contributed by atoms with E-state index in [0.29, 0.717) is 35.5 Å². The maximum absolute atomic E-state index is 12.3. The molecule has 1 fully saturated rings. The van der Waals surface area contributed by atoms with Gasteiger partial charge in [-0.15, -0.1) is 0 Å². The Morgan fingerprint density at radius 2 is 2.08 bits per heavy atom. The lowest BCUT2D eigenvalue weighted by Crippen LogP contribution is -2.23. The molecule has 1 amide bonds. The Balaban J connectivity index is 1.54. The van der Waals surface area contributed by atoms with E-state index in [1.807, 2.05) is 18.2 Å². The highest BCUT2D eigenvalue weighted by Gasteiger charge is 2.15. The van der Waals surface area contributed by atoms with Gasteiger partial charge in [0.05, 0.1) is 6.61 Å². The molecule has 132 valence electrons. The third kappa shape index (κ3) is 5.18. The molecule has 2 aromatic rings. The lowest BCUT2D eigenvalue weighted by molar-refractivity contribution is 0.0490. The highest BCUT2D eigenvalue weighted by molar-refractivity contribution is 6.31. The quantitative estimate of drug-likeness (QED) is 0.856. The average molecular weight is 361 g/mol. The molecular weight excluding hydrogens is 340 g/mol. The van der Waals surface area contributed by atoms with Crippen LogP contribution in [0.25, 0.3) is 0 Å². The first-order valence-corrected chi connectivity index (χ1v) is 8.78. The van der Waals surface area contributed by atoms with E-state index in [1.54, 1.807) is 24.4 Å². The Hall–Kier alpha value is -2.11. The average Bonchev–Trinajstić information content (AvgIpc) is 2.66. The number of benzene rings is 1. The molecule has 0 unspecified atom stereocenters. The van der Waals surface area contributed by atoms with E-state index in [0.717, 1.165) is 31.6 Å². The summed E-state index contributed by atoms with van der Waals surface area (Å²) < 4.78 is 11.1. The molecule has 1 aliphatic rings. The summed E-state index contributed by atoms with van der Waals surface area (Å²) in [6.45, 7) is 2.54. The van der Waals surface area contributed by atoms with Crippen LogP contribution in [0.3, 0.4) is 0 Å². The predicted molar refractivity (Wildman–Crippen MR) is 95.9 cm³/mol. The number of amides is 1. The van der Waals surface area contributed by atoms with Crippen molar-refractivity contribution in [2.24, 2.45) is 5.92 Å². The summed E-state index contributed by atoms with van der Waals surface area (Å²) >= 11 is 6.10. The first kappa shape index (κ1) is 17.7. The van der Waals surface area contributed by atoms with E-state index in [2.05, 4.69) is 10.3 Å². The molecule has 1 N–H and O–H groups in total. The maximum Gasteiger partial charge on any atom is 0.251 e. The smallest absolute Gasteiger partial charge is 0.251 e. The molecule has 1 aromatic carbocycles. The van der Waals surface area contributed by atoms with Crippen LogP contribution >= 0.6 is 11.6 Å². The van der Waals surface area contributed by atoms with Crippen molar-refractivity contribution < 1.29 is 14.3 Å². The highest BCUT2D eigenvalue weighted by atomic mass is 35.5. The van der Waals surface area contributed by atoms with Crippen LogP contribution in [0.1, 0.15) is 28.8 Å². The molecule has 2 heterocycles. The molecule has 25 heavy (non-hydrogen) atoms. The molecule has 6 heteroatoms. The second-order valence-electron chi connectivity index (χ2n) is 6.02. The van der Waals surface area contributed by atoms with Gasteiger partial charge in [0.25, 0.3) is 5.91 Å². The number of nitrogens with one attached hydrogen (secondary N) is 1. The summed E-state index contributed by atoms with van der Waals surface area (Å²) in [5.74, 6) is 0.767. The number of nitrogens with zero attached hydrogens (tertiary/aromatic N) is 1. The molecule has 0 radical (unpaired) electrons. The van der Waals surface area contributed by atoms with Crippen molar-refractivity contribution in [3.8, 4) is 5.88 Å². The summed E-state index contributed by atoms with van der Waals surface area (Å²) in [5.41, 5.74) is 1.39. The molecule has 1 aromatic heterocycles. The van der Waals surface area contributed by atoms with Crippen LogP contribution in [-0.4, -0.2) is 30.7 Å². The lowest BCUT2D eigenvalue weighted by Gasteiger charge is -2.21. The molecule has 0 saturated carbocycles. The number of hydrogen-bond acceptors (Lipinski definition) is 4. The van der Waals surface area contributed by atoms with Crippen LogP contribution in [0.15, 0.2) is 42.6 Å². The van der Waals surface area contributed by atoms with Crippen LogP contribution in [0.2, 0.25) is 5.02 Å². The summed E-state index contributed by atoms with van der Waals surface area (Å²) in [6.07, 6.45) is 3.58. The number of carbonyl (C=O) groups is 1. The lowest BCUT2D eigenvalue weighted by atomic mass is 10.0. The third-order valence-electron chi connectivity index (χ3n) is 4.20. The number of hydrogen-bond donors (Lipinski definition) is 1. The van der Waals surface area contributed by atoms with E-state index in [9.17, 15) is 4.79 Å². The number of rotatable bonds is 6.